The van der Waals surface area contributed by atoms with Crippen LogP contribution in [-0.2, 0) is 0 Å². The summed E-state index contributed by atoms with van der Waals surface area (Å²) in [6.07, 6.45) is 0. The molecular formula is C14H20BrN3O. The summed E-state index contributed by atoms with van der Waals surface area (Å²) in [4.78, 5) is 14.3. The maximum atomic E-state index is 12.0. The maximum Gasteiger partial charge on any atom is 0.251 e. The van der Waals surface area contributed by atoms with Gasteiger partial charge in [0.2, 0.25) is 0 Å². The minimum Gasteiger partial charge on any atom is -0.351 e. The zero-order valence-corrected chi connectivity index (χ0v) is 12.8. The Kier molecular flexibility index (Phi) is 5.36. The Hall–Kier alpha value is -0.910. The van der Waals surface area contributed by atoms with Crippen LogP contribution in [0.5, 0.6) is 0 Å². The van der Waals surface area contributed by atoms with E-state index in [1.807, 2.05) is 25.1 Å². The molecule has 2 rings (SSSR count). The van der Waals surface area contributed by atoms with Crippen LogP contribution in [-0.4, -0.2) is 50.1 Å². The van der Waals surface area contributed by atoms with Gasteiger partial charge in [0.1, 0.15) is 0 Å². The summed E-state index contributed by atoms with van der Waals surface area (Å²) in [7, 11) is 0. The normalized spacial score (nSPS) is 16.3. The second kappa shape index (κ2) is 7.03. The van der Waals surface area contributed by atoms with Crippen LogP contribution in [0, 0.1) is 6.92 Å². The van der Waals surface area contributed by atoms with E-state index in [2.05, 4.69) is 31.5 Å². The second-order valence-corrected chi connectivity index (χ2v) is 5.67. The molecule has 5 heteroatoms. The van der Waals surface area contributed by atoms with E-state index in [4.69, 9.17) is 0 Å². The largest absolute Gasteiger partial charge is 0.351 e. The van der Waals surface area contributed by atoms with E-state index in [1.165, 1.54) is 0 Å². The zero-order valence-electron chi connectivity index (χ0n) is 11.2. The zero-order chi connectivity index (χ0) is 13.7. The summed E-state index contributed by atoms with van der Waals surface area (Å²) >= 11 is 3.45. The van der Waals surface area contributed by atoms with E-state index in [1.54, 1.807) is 0 Å². The first-order valence-electron chi connectivity index (χ1n) is 6.64. The number of piperazine rings is 1. The van der Waals surface area contributed by atoms with Gasteiger partial charge in [-0.15, -0.1) is 0 Å². The molecule has 1 aromatic rings. The van der Waals surface area contributed by atoms with Crippen molar-refractivity contribution in [1.29, 1.82) is 0 Å². The van der Waals surface area contributed by atoms with Crippen molar-refractivity contribution in [2.24, 2.45) is 0 Å². The van der Waals surface area contributed by atoms with Crippen molar-refractivity contribution in [3.8, 4) is 0 Å². The fourth-order valence-corrected chi connectivity index (χ4v) is 2.48. The van der Waals surface area contributed by atoms with E-state index in [9.17, 15) is 4.79 Å². The van der Waals surface area contributed by atoms with Gasteiger partial charge in [-0.25, -0.2) is 0 Å². The predicted molar refractivity (Wildman–Crippen MR) is 80.5 cm³/mol. The Morgan fingerprint density at radius 3 is 2.84 bits per heavy atom. The Balaban J connectivity index is 1.78. The molecule has 1 saturated heterocycles. The summed E-state index contributed by atoms with van der Waals surface area (Å²) in [6.45, 7) is 7.83. The fourth-order valence-electron chi connectivity index (χ4n) is 2.10. The first-order valence-corrected chi connectivity index (χ1v) is 7.43. The summed E-state index contributed by atoms with van der Waals surface area (Å²) in [5.41, 5.74) is 1.84. The molecule has 1 amide bonds. The molecule has 0 spiro atoms. The lowest BCUT2D eigenvalue weighted by Crippen LogP contribution is -2.46. The molecule has 19 heavy (non-hydrogen) atoms. The van der Waals surface area contributed by atoms with Gasteiger partial charge >= 0.3 is 0 Å². The lowest BCUT2D eigenvalue weighted by molar-refractivity contribution is 0.0947. The Bertz CT molecular complexity index is 444. The molecule has 4 nitrogen and oxygen atoms in total. The highest BCUT2D eigenvalue weighted by molar-refractivity contribution is 9.10. The van der Waals surface area contributed by atoms with Crippen LogP contribution >= 0.6 is 15.9 Å². The van der Waals surface area contributed by atoms with E-state index in [0.717, 1.165) is 42.8 Å². The molecule has 1 aromatic carbocycles. The number of halogens is 1. The van der Waals surface area contributed by atoms with Crippen molar-refractivity contribution in [2.45, 2.75) is 6.92 Å². The molecule has 0 aliphatic carbocycles. The SMILES string of the molecule is Cc1ccc(C(=O)NCCN2CCNCC2)cc1Br. The van der Waals surface area contributed by atoms with Gasteiger partial charge in [0.15, 0.2) is 0 Å². The van der Waals surface area contributed by atoms with Gasteiger partial charge in [-0.2, -0.15) is 0 Å². The molecule has 0 atom stereocenters. The van der Waals surface area contributed by atoms with Gasteiger partial charge in [-0.05, 0) is 24.6 Å². The first-order chi connectivity index (χ1) is 9.16. The summed E-state index contributed by atoms with van der Waals surface area (Å²) < 4.78 is 0.974. The van der Waals surface area contributed by atoms with Crippen molar-refractivity contribution >= 4 is 21.8 Å². The monoisotopic (exact) mass is 325 g/mol. The van der Waals surface area contributed by atoms with Crippen LogP contribution in [0.1, 0.15) is 15.9 Å². The van der Waals surface area contributed by atoms with Gasteiger partial charge in [-0.1, -0.05) is 22.0 Å². The van der Waals surface area contributed by atoms with Crippen LogP contribution in [0.15, 0.2) is 22.7 Å². The molecule has 1 fully saturated rings. The third-order valence-electron chi connectivity index (χ3n) is 3.36. The van der Waals surface area contributed by atoms with Gasteiger partial charge in [-0.3, -0.25) is 9.69 Å². The van der Waals surface area contributed by atoms with Gasteiger partial charge in [0.05, 0.1) is 0 Å². The van der Waals surface area contributed by atoms with Crippen molar-refractivity contribution in [1.82, 2.24) is 15.5 Å². The van der Waals surface area contributed by atoms with Crippen LogP contribution < -0.4 is 10.6 Å². The lowest BCUT2D eigenvalue weighted by Gasteiger charge is -2.27. The Morgan fingerprint density at radius 2 is 2.16 bits per heavy atom. The van der Waals surface area contributed by atoms with E-state index in [0.29, 0.717) is 12.1 Å². The van der Waals surface area contributed by atoms with Crippen molar-refractivity contribution < 1.29 is 4.79 Å². The number of nitrogens with zero attached hydrogens (tertiary/aromatic N) is 1. The van der Waals surface area contributed by atoms with Crippen LogP contribution in [0.3, 0.4) is 0 Å². The van der Waals surface area contributed by atoms with Crippen molar-refractivity contribution in [3.63, 3.8) is 0 Å². The van der Waals surface area contributed by atoms with Crippen molar-refractivity contribution in [3.05, 3.63) is 33.8 Å². The second-order valence-electron chi connectivity index (χ2n) is 4.81. The molecule has 1 aliphatic heterocycles. The number of hydrogen-bond acceptors (Lipinski definition) is 3. The summed E-state index contributed by atoms with van der Waals surface area (Å²) in [5, 5.41) is 6.29. The quantitative estimate of drug-likeness (QED) is 0.879. The van der Waals surface area contributed by atoms with E-state index >= 15 is 0 Å². The van der Waals surface area contributed by atoms with Crippen LogP contribution in [0.2, 0.25) is 0 Å². The smallest absolute Gasteiger partial charge is 0.251 e. The maximum absolute atomic E-state index is 12.0. The van der Waals surface area contributed by atoms with Crippen LogP contribution in [0.4, 0.5) is 0 Å². The fraction of sp³-hybridized carbons (Fsp3) is 0.500. The topological polar surface area (TPSA) is 44.4 Å². The predicted octanol–water partition coefficient (Wildman–Crippen LogP) is 1.39. The molecule has 0 saturated carbocycles. The molecule has 0 unspecified atom stereocenters. The Morgan fingerprint density at radius 1 is 1.42 bits per heavy atom. The molecular weight excluding hydrogens is 306 g/mol. The number of nitrogens with one attached hydrogen (secondary N) is 2. The standard InChI is InChI=1S/C14H20BrN3O/c1-11-2-3-12(10-13(11)15)14(19)17-6-9-18-7-4-16-5-8-18/h2-3,10,16H,4-9H2,1H3,(H,17,19). The first kappa shape index (κ1) is 14.5. The average Bonchev–Trinajstić information content (AvgIpc) is 2.43. The highest BCUT2D eigenvalue weighted by atomic mass is 79.9. The molecule has 1 heterocycles. The minimum absolute atomic E-state index is 0.00386. The number of aryl methyl sites for hydroxylation is 1. The molecule has 2 N–H and O–H groups in total. The van der Waals surface area contributed by atoms with Crippen LogP contribution in [0.25, 0.3) is 0 Å². The van der Waals surface area contributed by atoms with Gasteiger partial charge in [0, 0.05) is 49.3 Å². The molecule has 0 aromatic heterocycles. The number of benzene rings is 1. The van der Waals surface area contributed by atoms with Crippen molar-refractivity contribution in [2.75, 3.05) is 39.3 Å². The Labute approximate surface area is 122 Å². The van der Waals surface area contributed by atoms with Gasteiger partial charge < -0.3 is 10.6 Å². The number of rotatable bonds is 4. The summed E-state index contributed by atoms with van der Waals surface area (Å²) in [6, 6.07) is 5.69. The number of amides is 1. The molecule has 0 radical (unpaired) electrons. The highest BCUT2D eigenvalue weighted by Crippen LogP contribution is 2.17. The number of carbonyl (C=O) groups is 1. The highest BCUT2D eigenvalue weighted by Gasteiger charge is 2.10. The third kappa shape index (κ3) is 4.30. The van der Waals surface area contributed by atoms with E-state index in [-0.39, 0.29) is 5.91 Å². The minimum atomic E-state index is -0.00386. The number of carbonyl (C=O) groups excluding carboxylic acids is 1. The average molecular weight is 326 g/mol. The lowest BCUT2D eigenvalue weighted by atomic mass is 10.1. The molecule has 0 bridgehead atoms. The summed E-state index contributed by atoms with van der Waals surface area (Å²) in [5.74, 6) is -0.00386. The van der Waals surface area contributed by atoms with E-state index < -0.39 is 0 Å². The molecule has 104 valence electrons. The molecule has 1 aliphatic rings. The number of hydrogen-bond donors (Lipinski definition) is 2. The third-order valence-corrected chi connectivity index (χ3v) is 4.21. The van der Waals surface area contributed by atoms with Gasteiger partial charge in [0.25, 0.3) is 5.91 Å².